The summed E-state index contributed by atoms with van der Waals surface area (Å²) in [5, 5.41) is 0. The summed E-state index contributed by atoms with van der Waals surface area (Å²) < 4.78 is 0. The molecule has 1 fully saturated rings. The van der Waals surface area contributed by atoms with Crippen molar-refractivity contribution in [2.45, 2.75) is 6.42 Å². The first kappa shape index (κ1) is 15.3. The average Bonchev–Trinajstić information content (AvgIpc) is 2.88. The Morgan fingerprint density at radius 3 is 1.39 bits per heavy atom. The lowest BCUT2D eigenvalue weighted by atomic mass is 10.2. The average molecular weight is 308 g/mol. The van der Waals surface area contributed by atoms with Gasteiger partial charge in [-0.2, -0.15) is 0 Å². The normalized spacial score (nSPS) is 15.1. The molecule has 0 aromatic heterocycles. The van der Waals surface area contributed by atoms with Crippen LogP contribution in [0.15, 0.2) is 60.7 Å². The van der Waals surface area contributed by atoms with Gasteiger partial charge in [0.05, 0.1) is 0 Å². The van der Waals surface area contributed by atoms with Crippen LogP contribution in [0.5, 0.6) is 0 Å². The maximum atomic E-state index is 12.5. The van der Waals surface area contributed by atoms with E-state index >= 15 is 0 Å². The van der Waals surface area contributed by atoms with Crippen LogP contribution in [-0.4, -0.2) is 47.8 Å². The molecule has 0 bridgehead atoms. The van der Waals surface area contributed by atoms with Gasteiger partial charge >= 0.3 is 0 Å². The first-order chi connectivity index (χ1) is 11.3. The first-order valence-corrected chi connectivity index (χ1v) is 7.94. The third-order valence-corrected chi connectivity index (χ3v) is 4.11. The summed E-state index contributed by atoms with van der Waals surface area (Å²) in [6.07, 6.45) is 0.803. The van der Waals surface area contributed by atoms with E-state index in [1.807, 2.05) is 70.5 Å². The van der Waals surface area contributed by atoms with Crippen LogP contribution in [0.3, 0.4) is 0 Å². The Labute approximate surface area is 136 Å². The second kappa shape index (κ2) is 7.09. The molecule has 118 valence electrons. The van der Waals surface area contributed by atoms with E-state index in [4.69, 9.17) is 0 Å². The zero-order valence-corrected chi connectivity index (χ0v) is 13.0. The van der Waals surface area contributed by atoms with Gasteiger partial charge in [0.2, 0.25) is 0 Å². The molecule has 4 heteroatoms. The topological polar surface area (TPSA) is 40.6 Å². The van der Waals surface area contributed by atoms with E-state index < -0.39 is 0 Å². The van der Waals surface area contributed by atoms with Crippen molar-refractivity contribution in [3.63, 3.8) is 0 Å². The van der Waals surface area contributed by atoms with Crippen molar-refractivity contribution in [3.05, 3.63) is 71.8 Å². The maximum absolute atomic E-state index is 12.5. The number of benzene rings is 2. The predicted molar refractivity (Wildman–Crippen MR) is 89.3 cm³/mol. The standard InChI is InChI=1S/C19H20N2O2/c22-18(16-8-3-1-4-9-16)20-12-7-13-21(15-14-20)19(23)17-10-5-2-6-11-17/h1-6,8-11H,7,12-15H2. The van der Waals surface area contributed by atoms with E-state index in [-0.39, 0.29) is 11.8 Å². The minimum atomic E-state index is 0.0413. The van der Waals surface area contributed by atoms with E-state index in [1.165, 1.54) is 0 Å². The molecule has 3 rings (SSSR count). The van der Waals surface area contributed by atoms with Crippen molar-refractivity contribution in [2.24, 2.45) is 0 Å². The summed E-state index contributed by atoms with van der Waals surface area (Å²) >= 11 is 0. The van der Waals surface area contributed by atoms with Crippen molar-refractivity contribution in [2.75, 3.05) is 26.2 Å². The van der Waals surface area contributed by atoms with Gasteiger partial charge in [-0.25, -0.2) is 0 Å². The zero-order chi connectivity index (χ0) is 16.1. The minimum Gasteiger partial charge on any atom is -0.337 e. The van der Waals surface area contributed by atoms with Crippen LogP contribution in [-0.2, 0) is 0 Å². The quantitative estimate of drug-likeness (QED) is 0.856. The fourth-order valence-corrected chi connectivity index (χ4v) is 2.85. The lowest BCUT2D eigenvalue weighted by Crippen LogP contribution is -2.37. The molecule has 0 radical (unpaired) electrons. The Hall–Kier alpha value is -2.62. The lowest BCUT2D eigenvalue weighted by molar-refractivity contribution is 0.0719. The third-order valence-electron chi connectivity index (χ3n) is 4.11. The number of nitrogens with zero attached hydrogens (tertiary/aromatic N) is 2. The molecule has 0 atom stereocenters. The van der Waals surface area contributed by atoms with Gasteiger partial charge in [-0.15, -0.1) is 0 Å². The fourth-order valence-electron chi connectivity index (χ4n) is 2.85. The Morgan fingerprint density at radius 1 is 0.609 bits per heavy atom. The minimum absolute atomic E-state index is 0.0413. The maximum Gasteiger partial charge on any atom is 0.253 e. The van der Waals surface area contributed by atoms with E-state index in [1.54, 1.807) is 0 Å². The molecule has 1 heterocycles. The van der Waals surface area contributed by atoms with Crippen LogP contribution >= 0.6 is 0 Å². The molecular formula is C19H20N2O2. The number of amides is 2. The molecule has 1 aliphatic heterocycles. The highest BCUT2D eigenvalue weighted by atomic mass is 16.2. The summed E-state index contributed by atoms with van der Waals surface area (Å²) in [6.45, 7) is 2.52. The molecule has 0 N–H and O–H groups in total. The molecule has 0 spiro atoms. The van der Waals surface area contributed by atoms with E-state index in [9.17, 15) is 9.59 Å². The van der Waals surface area contributed by atoms with Gasteiger partial charge in [0.15, 0.2) is 0 Å². The second-order valence-corrected chi connectivity index (χ2v) is 5.67. The number of rotatable bonds is 2. The van der Waals surface area contributed by atoms with Gasteiger partial charge in [-0.05, 0) is 30.7 Å². The summed E-state index contributed by atoms with van der Waals surface area (Å²) in [5.74, 6) is 0.0826. The van der Waals surface area contributed by atoms with E-state index in [0.29, 0.717) is 37.3 Å². The fraction of sp³-hybridized carbons (Fsp3) is 0.263. The molecule has 1 saturated heterocycles. The van der Waals surface area contributed by atoms with Gasteiger partial charge in [0.1, 0.15) is 0 Å². The lowest BCUT2D eigenvalue weighted by Gasteiger charge is -2.22. The van der Waals surface area contributed by atoms with Gasteiger partial charge in [-0.1, -0.05) is 36.4 Å². The highest BCUT2D eigenvalue weighted by Gasteiger charge is 2.23. The molecule has 4 nitrogen and oxygen atoms in total. The Bertz CT molecular complexity index is 611. The highest BCUT2D eigenvalue weighted by molar-refractivity contribution is 5.95. The van der Waals surface area contributed by atoms with Crippen LogP contribution in [0.1, 0.15) is 27.1 Å². The zero-order valence-electron chi connectivity index (χ0n) is 13.0. The van der Waals surface area contributed by atoms with Crippen LogP contribution in [0.2, 0.25) is 0 Å². The molecule has 2 aromatic carbocycles. The van der Waals surface area contributed by atoms with Crippen molar-refractivity contribution >= 4 is 11.8 Å². The second-order valence-electron chi connectivity index (χ2n) is 5.67. The van der Waals surface area contributed by atoms with E-state index in [0.717, 1.165) is 6.42 Å². The SMILES string of the molecule is O=C(c1ccccc1)N1CCCN(C(=O)c2ccccc2)CC1. The Morgan fingerprint density at radius 2 is 1.00 bits per heavy atom. The van der Waals surface area contributed by atoms with Crippen molar-refractivity contribution < 1.29 is 9.59 Å². The monoisotopic (exact) mass is 308 g/mol. The van der Waals surface area contributed by atoms with Crippen molar-refractivity contribution in [1.29, 1.82) is 0 Å². The molecular weight excluding hydrogens is 288 g/mol. The van der Waals surface area contributed by atoms with Gasteiger partial charge in [0.25, 0.3) is 11.8 Å². The van der Waals surface area contributed by atoms with Gasteiger partial charge < -0.3 is 9.80 Å². The third kappa shape index (κ3) is 3.59. The summed E-state index contributed by atoms with van der Waals surface area (Å²) in [6, 6.07) is 18.6. The molecule has 0 aliphatic carbocycles. The first-order valence-electron chi connectivity index (χ1n) is 7.94. The molecule has 2 amide bonds. The van der Waals surface area contributed by atoms with Crippen LogP contribution in [0.25, 0.3) is 0 Å². The van der Waals surface area contributed by atoms with Gasteiger partial charge in [0, 0.05) is 37.3 Å². The van der Waals surface area contributed by atoms with Crippen molar-refractivity contribution in [3.8, 4) is 0 Å². The summed E-state index contributed by atoms with van der Waals surface area (Å²) in [5.41, 5.74) is 1.41. The predicted octanol–water partition coefficient (Wildman–Crippen LogP) is 2.67. The number of hydrogen-bond acceptors (Lipinski definition) is 2. The van der Waals surface area contributed by atoms with E-state index in [2.05, 4.69) is 0 Å². The smallest absolute Gasteiger partial charge is 0.253 e. The highest BCUT2D eigenvalue weighted by Crippen LogP contribution is 2.12. The molecule has 0 saturated carbocycles. The van der Waals surface area contributed by atoms with Crippen LogP contribution in [0, 0.1) is 0 Å². The Kier molecular flexibility index (Phi) is 4.71. The number of carbonyl (C=O) groups is 2. The number of carbonyl (C=O) groups excluding carboxylic acids is 2. The summed E-state index contributed by atoms with van der Waals surface area (Å²) in [7, 11) is 0. The van der Waals surface area contributed by atoms with Gasteiger partial charge in [-0.3, -0.25) is 9.59 Å². The molecule has 2 aromatic rings. The molecule has 0 unspecified atom stereocenters. The summed E-state index contributed by atoms with van der Waals surface area (Å²) in [4.78, 5) is 28.7. The molecule has 23 heavy (non-hydrogen) atoms. The largest absolute Gasteiger partial charge is 0.337 e. The van der Waals surface area contributed by atoms with Crippen molar-refractivity contribution in [1.82, 2.24) is 9.80 Å². The van der Waals surface area contributed by atoms with Crippen LogP contribution < -0.4 is 0 Å². The number of hydrogen-bond donors (Lipinski definition) is 0. The Balaban J connectivity index is 1.66. The molecule has 1 aliphatic rings. The van der Waals surface area contributed by atoms with Crippen LogP contribution in [0.4, 0.5) is 0 Å².